The molecule has 1 fully saturated rings. The van der Waals surface area contributed by atoms with Gasteiger partial charge in [-0.05, 0) is 37.5 Å². The van der Waals surface area contributed by atoms with Crippen molar-refractivity contribution >= 4 is 34.0 Å². The molecular formula is C15H24ClN3O4S. The largest absolute Gasteiger partial charge is 0.380 e. The molecule has 1 atom stereocenters. The molecule has 1 aliphatic rings. The van der Waals surface area contributed by atoms with Crippen molar-refractivity contribution in [2.24, 2.45) is 5.73 Å². The summed E-state index contributed by atoms with van der Waals surface area (Å²) >= 11 is 0. The van der Waals surface area contributed by atoms with Crippen LogP contribution >= 0.6 is 12.4 Å². The van der Waals surface area contributed by atoms with E-state index in [9.17, 15) is 13.2 Å². The van der Waals surface area contributed by atoms with Crippen molar-refractivity contribution in [3.63, 3.8) is 0 Å². The first-order valence-electron chi connectivity index (χ1n) is 7.51. The zero-order valence-corrected chi connectivity index (χ0v) is 15.4. The van der Waals surface area contributed by atoms with Gasteiger partial charge in [0.1, 0.15) is 0 Å². The summed E-state index contributed by atoms with van der Waals surface area (Å²) in [6.07, 6.45) is 1.49. The summed E-state index contributed by atoms with van der Waals surface area (Å²) in [7, 11) is -2.07. The number of ether oxygens (including phenoxy) is 1. The van der Waals surface area contributed by atoms with Crippen molar-refractivity contribution in [2.45, 2.75) is 43.2 Å². The first-order valence-corrected chi connectivity index (χ1v) is 8.99. The number of benzene rings is 1. The third kappa shape index (κ3) is 5.71. The Balaban J connectivity index is 0.00000288. The molecule has 1 aromatic carbocycles. The van der Waals surface area contributed by atoms with Crippen LogP contribution in [0.15, 0.2) is 23.1 Å². The molecule has 0 heterocycles. The highest BCUT2D eigenvalue weighted by Crippen LogP contribution is 2.25. The molecule has 136 valence electrons. The summed E-state index contributed by atoms with van der Waals surface area (Å²) in [5.74, 6) is -0.273. The van der Waals surface area contributed by atoms with Gasteiger partial charge in [0.15, 0.2) is 0 Å². The number of hydrogen-bond acceptors (Lipinski definition) is 5. The Bertz CT molecular complexity index is 673. The van der Waals surface area contributed by atoms with Gasteiger partial charge in [0.25, 0.3) is 0 Å². The average Bonchev–Trinajstić information content (AvgIpc) is 3.29. The number of hydrogen-bond donors (Lipinski definition) is 3. The number of rotatable bonds is 8. The lowest BCUT2D eigenvalue weighted by molar-refractivity contribution is -0.118. The number of halogens is 1. The third-order valence-corrected chi connectivity index (χ3v) is 5.33. The van der Waals surface area contributed by atoms with Crippen LogP contribution in [0, 0.1) is 6.92 Å². The molecule has 0 aromatic heterocycles. The van der Waals surface area contributed by atoms with E-state index in [2.05, 4.69) is 10.0 Å². The van der Waals surface area contributed by atoms with E-state index in [0.29, 0.717) is 11.3 Å². The van der Waals surface area contributed by atoms with E-state index in [1.54, 1.807) is 19.1 Å². The molecule has 0 spiro atoms. The molecule has 0 saturated heterocycles. The molecule has 9 heteroatoms. The monoisotopic (exact) mass is 377 g/mol. The number of nitrogens with one attached hydrogen (secondary N) is 2. The molecule has 2 rings (SSSR count). The van der Waals surface area contributed by atoms with Gasteiger partial charge in [-0.2, -0.15) is 0 Å². The quantitative estimate of drug-likeness (QED) is 0.629. The maximum Gasteiger partial charge on any atom is 0.241 e. The van der Waals surface area contributed by atoms with Gasteiger partial charge in [0, 0.05) is 25.4 Å². The SMILES string of the molecule is COC(CN)CC(=O)Nc1ccc(C)c(S(=O)(=O)NC2CC2)c1.Cl. The van der Waals surface area contributed by atoms with Gasteiger partial charge in [-0.3, -0.25) is 4.79 Å². The van der Waals surface area contributed by atoms with E-state index >= 15 is 0 Å². The van der Waals surface area contributed by atoms with Crippen LogP contribution in [0.1, 0.15) is 24.8 Å². The summed E-state index contributed by atoms with van der Waals surface area (Å²) in [4.78, 5) is 12.1. The second-order valence-corrected chi connectivity index (χ2v) is 7.40. The zero-order chi connectivity index (χ0) is 17.0. The summed E-state index contributed by atoms with van der Waals surface area (Å²) in [6, 6.07) is 4.86. The van der Waals surface area contributed by atoms with Gasteiger partial charge in [-0.25, -0.2) is 13.1 Å². The highest BCUT2D eigenvalue weighted by Gasteiger charge is 2.29. The number of amides is 1. The summed E-state index contributed by atoms with van der Waals surface area (Å²) < 4.78 is 32.4. The van der Waals surface area contributed by atoms with E-state index in [4.69, 9.17) is 10.5 Å². The lowest BCUT2D eigenvalue weighted by Crippen LogP contribution is -2.28. The average molecular weight is 378 g/mol. The number of methoxy groups -OCH3 is 1. The molecule has 24 heavy (non-hydrogen) atoms. The van der Waals surface area contributed by atoms with Crippen LogP contribution in [0.2, 0.25) is 0 Å². The summed E-state index contributed by atoms with van der Waals surface area (Å²) in [6.45, 7) is 1.96. The Morgan fingerprint density at radius 3 is 2.62 bits per heavy atom. The summed E-state index contributed by atoms with van der Waals surface area (Å²) in [5.41, 5.74) is 6.55. The molecule has 1 aliphatic carbocycles. The maximum atomic E-state index is 12.4. The third-order valence-electron chi connectivity index (χ3n) is 3.67. The fourth-order valence-electron chi connectivity index (χ4n) is 2.13. The Labute approximate surface area is 148 Å². The van der Waals surface area contributed by atoms with Crippen molar-refractivity contribution < 1.29 is 17.9 Å². The molecule has 1 unspecified atom stereocenters. The van der Waals surface area contributed by atoms with E-state index in [1.807, 2.05) is 0 Å². The van der Waals surface area contributed by atoms with Gasteiger partial charge in [-0.1, -0.05) is 6.07 Å². The number of carbonyl (C=O) groups excluding carboxylic acids is 1. The van der Waals surface area contributed by atoms with Crippen molar-refractivity contribution in [3.05, 3.63) is 23.8 Å². The van der Waals surface area contributed by atoms with Crippen LogP contribution in [0.4, 0.5) is 5.69 Å². The molecular weight excluding hydrogens is 354 g/mol. The van der Waals surface area contributed by atoms with Crippen molar-refractivity contribution in [1.82, 2.24) is 4.72 Å². The Morgan fingerprint density at radius 2 is 2.08 bits per heavy atom. The van der Waals surface area contributed by atoms with Gasteiger partial charge in [0.2, 0.25) is 15.9 Å². The minimum atomic E-state index is -3.56. The van der Waals surface area contributed by atoms with Crippen LogP contribution < -0.4 is 15.8 Å². The van der Waals surface area contributed by atoms with E-state index in [0.717, 1.165) is 12.8 Å². The second kappa shape index (κ2) is 8.77. The molecule has 0 aliphatic heterocycles. The smallest absolute Gasteiger partial charge is 0.241 e. The van der Waals surface area contributed by atoms with Crippen LogP contribution in [0.25, 0.3) is 0 Å². The number of carbonyl (C=O) groups is 1. The molecule has 4 N–H and O–H groups in total. The Kier molecular flexibility index (Phi) is 7.62. The topological polar surface area (TPSA) is 111 Å². The minimum Gasteiger partial charge on any atom is -0.380 e. The van der Waals surface area contributed by atoms with Gasteiger partial charge < -0.3 is 15.8 Å². The normalized spacial score (nSPS) is 15.5. The number of anilines is 1. The predicted octanol–water partition coefficient (Wildman–Crippen LogP) is 1.16. The number of sulfonamides is 1. The minimum absolute atomic E-state index is 0. The van der Waals surface area contributed by atoms with Crippen molar-refractivity contribution in [1.29, 1.82) is 0 Å². The second-order valence-electron chi connectivity index (χ2n) is 5.72. The predicted molar refractivity (Wildman–Crippen MR) is 94.9 cm³/mol. The number of aryl methyl sites for hydroxylation is 1. The van der Waals surface area contributed by atoms with Crippen LogP contribution in [0.3, 0.4) is 0 Å². The van der Waals surface area contributed by atoms with Crippen molar-refractivity contribution in [2.75, 3.05) is 19.0 Å². The standard InChI is InChI=1S/C15H23N3O4S.ClH/c1-10-3-4-12(17-15(19)8-13(9-16)22-2)7-14(10)23(20,21)18-11-5-6-11;/h3-4,7,11,13,18H,5-6,8-9,16H2,1-2H3,(H,17,19);1H. The summed E-state index contributed by atoms with van der Waals surface area (Å²) in [5, 5.41) is 2.68. The Morgan fingerprint density at radius 1 is 1.42 bits per heavy atom. The molecule has 1 saturated carbocycles. The maximum absolute atomic E-state index is 12.4. The van der Waals surface area contributed by atoms with Gasteiger partial charge in [0.05, 0.1) is 17.4 Å². The van der Waals surface area contributed by atoms with Crippen molar-refractivity contribution in [3.8, 4) is 0 Å². The number of nitrogens with two attached hydrogens (primary N) is 1. The highest BCUT2D eigenvalue weighted by atomic mass is 35.5. The van der Waals surface area contributed by atoms with E-state index in [1.165, 1.54) is 13.2 Å². The fourth-order valence-corrected chi connectivity index (χ4v) is 3.71. The lowest BCUT2D eigenvalue weighted by Gasteiger charge is -2.14. The lowest BCUT2D eigenvalue weighted by atomic mass is 10.2. The van der Waals surface area contributed by atoms with Gasteiger partial charge >= 0.3 is 0 Å². The van der Waals surface area contributed by atoms with Crippen LogP contribution in [-0.4, -0.2) is 40.1 Å². The molecule has 0 radical (unpaired) electrons. The molecule has 7 nitrogen and oxygen atoms in total. The fraction of sp³-hybridized carbons (Fsp3) is 0.533. The van der Waals surface area contributed by atoms with Crippen LogP contribution in [-0.2, 0) is 19.6 Å². The van der Waals surface area contributed by atoms with E-state index < -0.39 is 10.0 Å². The molecule has 1 amide bonds. The zero-order valence-electron chi connectivity index (χ0n) is 13.7. The highest BCUT2D eigenvalue weighted by molar-refractivity contribution is 7.89. The first-order chi connectivity index (χ1) is 10.9. The van der Waals surface area contributed by atoms with Gasteiger partial charge in [-0.15, -0.1) is 12.4 Å². The van der Waals surface area contributed by atoms with Crippen LogP contribution in [0.5, 0.6) is 0 Å². The van der Waals surface area contributed by atoms with E-state index in [-0.39, 0.29) is 48.3 Å². The molecule has 0 bridgehead atoms. The first kappa shape index (κ1) is 20.9. The molecule has 1 aromatic rings. The Hall–Kier alpha value is -1.19.